The van der Waals surface area contributed by atoms with E-state index in [1.54, 1.807) is 34.4 Å². The summed E-state index contributed by atoms with van der Waals surface area (Å²) in [6, 6.07) is 15.1. The fourth-order valence-corrected chi connectivity index (χ4v) is 5.72. The van der Waals surface area contributed by atoms with Gasteiger partial charge in [0, 0.05) is 36.7 Å². The number of thiophene rings is 1. The molecule has 3 aromatic rings. The van der Waals surface area contributed by atoms with Gasteiger partial charge in [0.15, 0.2) is 0 Å². The minimum absolute atomic E-state index is 0.0208. The molecule has 36 heavy (non-hydrogen) atoms. The van der Waals surface area contributed by atoms with Crippen molar-refractivity contribution in [3.63, 3.8) is 0 Å². The average Bonchev–Trinajstić information content (AvgIpc) is 3.36. The number of carbonyl (C=O) groups excluding carboxylic acids is 2. The molecule has 2 aromatic carbocycles. The maximum absolute atomic E-state index is 13.8. The van der Waals surface area contributed by atoms with Gasteiger partial charge in [0.1, 0.15) is 6.54 Å². The van der Waals surface area contributed by atoms with Crippen LogP contribution in [0.1, 0.15) is 51.3 Å². The van der Waals surface area contributed by atoms with Crippen molar-refractivity contribution in [3.8, 4) is 0 Å². The fraction of sp³-hybridized carbons (Fsp3) is 0.357. The Hall–Kier alpha value is -2.38. The Labute approximate surface area is 226 Å². The topological polar surface area (TPSA) is 49.9 Å². The Morgan fingerprint density at radius 2 is 1.89 bits per heavy atom. The van der Waals surface area contributed by atoms with Gasteiger partial charge in [-0.15, -0.1) is 11.3 Å². The maximum Gasteiger partial charge on any atom is 0.254 e. The van der Waals surface area contributed by atoms with Crippen molar-refractivity contribution < 1.29 is 14.3 Å². The van der Waals surface area contributed by atoms with Crippen LogP contribution in [0.5, 0.6) is 0 Å². The van der Waals surface area contributed by atoms with E-state index in [9.17, 15) is 9.59 Å². The molecule has 1 atom stereocenters. The van der Waals surface area contributed by atoms with Crippen LogP contribution in [0.25, 0.3) is 0 Å². The van der Waals surface area contributed by atoms with E-state index in [1.807, 2.05) is 11.8 Å². The van der Waals surface area contributed by atoms with Crippen LogP contribution < -0.4 is 0 Å². The number of hydrogen-bond donors (Lipinski definition) is 0. The van der Waals surface area contributed by atoms with E-state index in [1.165, 1.54) is 16.0 Å². The highest BCUT2D eigenvalue weighted by Crippen LogP contribution is 2.38. The number of fused-ring (bicyclic) bond motifs is 1. The molecule has 0 aliphatic carbocycles. The van der Waals surface area contributed by atoms with Crippen molar-refractivity contribution in [1.29, 1.82) is 0 Å². The lowest BCUT2D eigenvalue weighted by molar-refractivity contribution is -0.134. The first-order valence-electron chi connectivity index (χ1n) is 12.1. The lowest BCUT2D eigenvalue weighted by atomic mass is 9.92. The molecule has 1 unspecified atom stereocenters. The van der Waals surface area contributed by atoms with Gasteiger partial charge in [-0.05, 0) is 67.5 Å². The number of nitrogens with zero attached hydrogens (tertiary/aromatic N) is 2. The Balaban J connectivity index is 1.59. The number of rotatable bonds is 9. The minimum atomic E-state index is -0.251. The summed E-state index contributed by atoms with van der Waals surface area (Å²) < 4.78 is 5.47. The fourth-order valence-electron chi connectivity index (χ4n) is 4.51. The smallest absolute Gasteiger partial charge is 0.254 e. The van der Waals surface area contributed by atoms with Crippen LogP contribution in [0.2, 0.25) is 10.0 Å². The van der Waals surface area contributed by atoms with Gasteiger partial charge in [-0.25, -0.2) is 0 Å². The van der Waals surface area contributed by atoms with Gasteiger partial charge in [-0.2, -0.15) is 0 Å². The monoisotopic (exact) mass is 544 g/mol. The number of carbonyl (C=O) groups is 2. The average molecular weight is 546 g/mol. The zero-order valence-corrected chi connectivity index (χ0v) is 22.8. The first-order valence-corrected chi connectivity index (χ1v) is 13.8. The molecular weight excluding hydrogens is 515 g/mol. The summed E-state index contributed by atoms with van der Waals surface area (Å²) in [5.41, 5.74) is 3.82. The quantitative estimate of drug-likeness (QED) is 0.292. The highest BCUT2D eigenvalue weighted by atomic mass is 35.5. The van der Waals surface area contributed by atoms with Crippen LogP contribution in [0.4, 0.5) is 0 Å². The van der Waals surface area contributed by atoms with Gasteiger partial charge >= 0.3 is 0 Å². The third-order valence-corrected chi connectivity index (χ3v) is 8.12. The second-order valence-electron chi connectivity index (χ2n) is 8.86. The second kappa shape index (κ2) is 12.2. The summed E-state index contributed by atoms with van der Waals surface area (Å²) in [4.78, 5) is 32.1. The normalized spacial score (nSPS) is 15.0. The van der Waals surface area contributed by atoms with E-state index in [-0.39, 0.29) is 24.4 Å². The van der Waals surface area contributed by atoms with Crippen LogP contribution in [-0.2, 0) is 16.0 Å². The van der Waals surface area contributed by atoms with Crippen LogP contribution in [0.15, 0.2) is 53.9 Å². The highest BCUT2D eigenvalue weighted by molar-refractivity contribution is 7.10. The molecule has 1 aromatic heterocycles. The number of ether oxygens (including phenoxy) is 1. The zero-order valence-electron chi connectivity index (χ0n) is 20.5. The molecule has 190 valence electrons. The Morgan fingerprint density at radius 3 is 2.61 bits per heavy atom. The third kappa shape index (κ3) is 6.12. The predicted molar refractivity (Wildman–Crippen MR) is 146 cm³/mol. The van der Waals surface area contributed by atoms with Crippen LogP contribution >= 0.6 is 34.5 Å². The van der Waals surface area contributed by atoms with Gasteiger partial charge in [0.2, 0.25) is 5.91 Å². The SMILES string of the molecule is CCOCCCN(CC(=O)N1CCc2sccc2C1c1ccc(C)cc1)C(=O)c1ccc(Cl)c(Cl)c1. The van der Waals surface area contributed by atoms with Crippen molar-refractivity contribution in [1.82, 2.24) is 9.80 Å². The van der Waals surface area contributed by atoms with E-state index in [4.69, 9.17) is 27.9 Å². The molecule has 2 amide bonds. The van der Waals surface area contributed by atoms with Crippen molar-refractivity contribution >= 4 is 46.4 Å². The van der Waals surface area contributed by atoms with E-state index in [0.29, 0.717) is 48.3 Å². The predicted octanol–water partition coefficient (Wildman–Crippen LogP) is 6.41. The molecule has 0 radical (unpaired) electrons. The van der Waals surface area contributed by atoms with Gasteiger partial charge in [0.25, 0.3) is 5.91 Å². The molecule has 8 heteroatoms. The molecule has 0 spiro atoms. The van der Waals surface area contributed by atoms with E-state index in [0.717, 1.165) is 12.0 Å². The number of benzene rings is 2. The number of halogens is 2. The molecule has 5 nitrogen and oxygen atoms in total. The molecule has 1 aliphatic heterocycles. The van der Waals surface area contributed by atoms with Crippen LogP contribution in [0, 0.1) is 6.92 Å². The summed E-state index contributed by atoms with van der Waals surface area (Å²) in [5.74, 6) is -0.333. The second-order valence-corrected chi connectivity index (χ2v) is 10.7. The van der Waals surface area contributed by atoms with Gasteiger partial charge in [-0.3, -0.25) is 9.59 Å². The molecule has 0 N–H and O–H groups in total. The molecular formula is C28H30Cl2N2O3S. The molecule has 4 rings (SSSR count). The van der Waals surface area contributed by atoms with Gasteiger partial charge < -0.3 is 14.5 Å². The lowest BCUT2D eigenvalue weighted by Crippen LogP contribution is -2.47. The summed E-state index contributed by atoms with van der Waals surface area (Å²) in [6.45, 7) is 6.10. The summed E-state index contributed by atoms with van der Waals surface area (Å²) in [6.07, 6.45) is 1.44. The minimum Gasteiger partial charge on any atom is -0.382 e. The molecule has 2 heterocycles. The van der Waals surface area contributed by atoms with Crippen molar-refractivity contribution in [2.45, 2.75) is 32.7 Å². The first-order chi connectivity index (χ1) is 17.4. The van der Waals surface area contributed by atoms with E-state index in [2.05, 4.69) is 42.6 Å². The third-order valence-electron chi connectivity index (χ3n) is 6.38. The molecule has 1 aliphatic rings. The summed E-state index contributed by atoms with van der Waals surface area (Å²) in [5, 5.41) is 2.78. The zero-order chi connectivity index (χ0) is 25.7. The number of aryl methyl sites for hydroxylation is 1. The number of hydrogen-bond acceptors (Lipinski definition) is 4. The first kappa shape index (κ1) is 26.7. The molecule has 0 bridgehead atoms. The van der Waals surface area contributed by atoms with Crippen molar-refractivity contribution in [3.05, 3.63) is 91.1 Å². The van der Waals surface area contributed by atoms with Crippen LogP contribution in [-0.4, -0.2) is 54.5 Å². The molecule has 0 saturated heterocycles. The van der Waals surface area contributed by atoms with Gasteiger partial charge in [0.05, 0.1) is 16.1 Å². The Bertz CT molecular complexity index is 1210. The Kier molecular flexibility index (Phi) is 9.07. The van der Waals surface area contributed by atoms with E-state index < -0.39 is 0 Å². The van der Waals surface area contributed by atoms with Crippen molar-refractivity contribution in [2.24, 2.45) is 0 Å². The van der Waals surface area contributed by atoms with Gasteiger partial charge in [-0.1, -0.05) is 53.0 Å². The Morgan fingerprint density at radius 1 is 1.11 bits per heavy atom. The highest BCUT2D eigenvalue weighted by Gasteiger charge is 2.34. The summed E-state index contributed by atoms with van der Waals surface area (Å²) in [7, 11) is 0. The molecule has 0 fully saturated rings. The maximum atomic E-state index is 13.8. The van der Waals surface area contributed by atoms with Crippen LogP contribution in [0.3, 0.4) is 0 Å². The van der Waals surface area contributed by atoms with Crippen molar-refractivity contribution in [2.75, 3.05) is 32.8 Å². The standard InChI is InChI=1S/C28H30Cl2N2O3S/c1-3-35-15-4-13-31(28(34)21-9-10-23(29)24(30)17-21)18-26(33)32-14-11-25-22(12-16-36-25)27(32)20-7-5-19(2)6-8-20/h5-10,12,16-17,27H,3-4,11,13-15,18H2,1-2H3. The van der Waals surface area contributed by atoms with E-state index >= 15 is 0 Å². The summed E-state index contributed by atoms with van der Waals surface area (Å²) >= 11 is 14.0. The lowest BCUT2D eigenvalue weighted by Gasteiger charge is -2.37. The largest absolute Gasteiger partial charge is 0.382 e. The molecule has 0 saturated carbocycles. The number of amides is 2.